The van der Waals surface area contributed by atoms with Crippen LogP contribution in [0.25, 0.3) is 0 Å². The van der Waals surface area contributed by atoms with E-state index in [4.69, 9.17) is 4.74 Å². The van der Waals surface area contributed by atoms with Crippen molar-refractivity contribution in [1.82, 2.24) is 10.2 Å². The molecule has 1 aliphatic rings. The molecule has 1 saturated heterocycles. The summed E-state index contributed by atoms with van der Waals surface area (Å²) in [6.45, 7) is 2.37. The summed E-state index contributed by atoms with van der Waals surface area (Å²) in [5, 5.41) is 2.75. The van der Waals surface area contributed by atoms with Crippen LogP contribution >= 0.6 is 15.9 Å². The maximum absolute atomic E-state index is 11.8. The minimum atomic E-state index is 0.00210. The zero-order chi connectivity index (χ0) is 14.4. The van der Waals surface area contributed by atoms with Crippen LogP contribution in [0, 0.1) is 0 Å². The first-order valence-electron chi connectivity index (χ1n) is 7.04. The number of benzene rings is 1. The molecule has 1 aromatic rings. The minimum absolute atomic E-state index is 0.00210. The highest BCUT2D eigenvalue weighted by Gasteiger charge is 2.27. The van der Waals surface area contributed by atoms with Gasteiger partial charge in [0.25, 0.3) is 0 Å². The number of carbonyl (C=O) groups is 1. The molecule has 1 N–H and O–H groups in total. The maximum atomic E-state index is 11.8. The van der Waals surface area contributed by atoms with Crippen molar-refractivity contribution in [2.45, 2.75) is 25.3 Å². The molecule has 0 spiro atoms. The third-order valence-electron chi connectivity index (χ3n) is 3.62. The number of hydrogen-bond acceptors (Lipinski definition) is 3. The summed E-state index contributed by atoms with van der Waals surface area (Å²) in [5.41, 5.74) is 0. The molecule has 20 heavy (non-hydrogen) atoms. The Morgan fingerprint density at radius 3 is 2.85 bits per heavy atom. The first-order chi connectivity index (χ1) is 9.70. The molecule has 1 aliphatic heterocycles. The van der Waals surface area contributed by atoms with Gasteiger partial charge in [-0.1, -0.05) is 22.4 Å². The number of halogens is 1. The van der Waals surface area contributed by atoms with Crippen molar-refractivity contribution in [2.75, 3.05) is 26.7 Å². The third-order valence-corrected chi connectivity index (χ3v) is 4.15. The van der Waals surface area contributed by atoms with Crippen molar-refractivity contribution < 1.29 is 9.53 Å². The van der Waals surface area contributed by atoms with Gasteiger partial charge >= 0.3 is 0 Å². The van der Waals surface area contributed by atoms with Gasteiger partial charge in [-0.25, -0.2) is 0 Å². The molecule has 1 aromatic carbocycles. The number of carbonyl (C=O) groups excluding carboxylic acids is 1. The first kappa shape index (κ1) is 15.3. The summed E-state index contributed by atoms with van der Waals surface area (Å²) in [6.07, 6.45) is 3.23. The fraction of sp³-hybridized carbons (Fsp3) is 0.533. The van der Waals surface area contributed by atoms with Crippen LogP contribution in [0.15, 0.2) is 28.7 Å². The molecular weight excluding hydrogens is 320 g/mol. The van der Waals surface area contributed by atoms with Gasteiger partial charge in [-0.3, -0.25) is 9.69 Å². The topological polar surface area (TPSA) is 41.6 Å². The number of ether oxygens (including phenoxy) is 1. The Labute approximate surface area is 128 Å². The SMILES string of the molecule is CNC(=O)C1CCCCN1CCOc1ccc(Br)cc1. The van der Waals surface area contributed by atoms with Crippen LogP contribution in [0.5, 0.6) is 5.75 Å². The highest BCUT2D eigenvalue weighted by molar-refractivity contribution is 9.10. The molecule has 0 aromatic heterocycles. The van der Waals surface area contributed by atoms with E-state index in [0.29, 0.717) is 6.61 Å². The highest BCUT2D eigenvalue weighted by atomic mass is 79.9. The van der Waals surface area contributed by atoms with E-state index in [0.717, 1.165) is 42.6 Å². The van der Waals surface area contributed by atoms with Crippen LogP contribution in [-0.4, -0.2) is 43.6 Å². The average Bonchev–Trinajstić information content (AvgIpc) is 2.49. The molecule has 1 amide bonds. The second kappa shape index (κ2) is 7.64. The van der Waals surface area contributed by atoms with E-state index in [1.807, 2.05) is 24.3 Å². The van der Waals surface area contributed by atoms with Crippen molar-refractivity contribution in [2.24, 2.45) is 0 Å². The van der Waals surface area contributed by atoms with Crippen molar-refractivity contribution >= 4 is 21.8 Å². The Bertz CT molecular complexity index is 436. The summed E-state index contributed by atoms with van der Waals surface area (Å²) in [7, 11) is 1.70. The normalized spacial score (nSPS) is 19.6. The lowest BCUT2D eigenvalue weighted by molar-refractivity contribution is -0.127. The number of piperidine rings is 1. The Balaban J connectivity index is 1.82. The summed E-state index contributed by atoms with van der Waals surface area (Å²) >= 11 is 3.40. The van der Waals surface area contributed by atoms with Gasteiger partial charge in [-0.15, -0.1) is 0 Å². The molecule has 1 heterocycles. The summed E-state index contributed by atoms with van der Waals surface area (Å²) in [6, 6.07) is 7.81. The van der Waals surface area contributed by atoms with Gasteiger partial charge in [0, 0.05) is 18.1 Å². The fourth-order valence-corrected chi connectivity index (χ4v) is 2.80. The average molecular weight is 341 g/mol. The van der Waals surface area contributed by atoms with Crippen LogP contribution in [-0.2, 0) is 4.79 Å². The van der Waals surface area contributed by atoms with Crippen LogP contribution in [0.2, 0.25) is 0 Å². The molecular formula is C15H21BrN2O2. The van der Waals surface area contributed by atoms with Crippen molar-refractivity contribution in [3.05, 3.63) is 28.7 Å². The number of nitrogens with zero attached hydrogens (tertiary/aromatic N) is 1. The lowest BCUT2D eigenvalue weighted by Crippen LogP contribution is -2.49. The van der Waals surface area contributed by atoms with Crippen molar-refractivity contribution in [3.8, 4) is 5.75 Å². The monoisotopic (exact) mass is 340 g/mol. The Morgan fingerprint density at radius 2 is 2.15 bits per heavy atom. The quantitative estimate of drug-likeness (QED) is 0.894. The van der Waals surface area contributed by atoms with E-state index < -0.39 is 0 Å². The van der Waals surface area contributed by atoms with Crippen LogP contribution in [0.1, 0.15) is 19.3 Å². The number of likely N-dealkylation sites (tertiary alicyclic amines) is 1. The van der Waals surface area contributed by atoms with E-state index in [2.05, 4.69) is 26.1 Å². The first-order valence-corrected chi connectivity index (χ1v) is 7.84. The Hall–Kier alpha value is -1.07. The zero-order valence-electron chi connectivity index (χ0n) is 11.8. The van der Waals surface area contributed by atoms with Crippen LogP contribution in [0.3, 0.4) is 0 Å². The standard InChI is InChI=1S/C15H21BrN2O2/c1-17-15(19)14-4-2-3-9-18(14)10-11-20-13-7-5-12(16)6-8-13/h5-8,14H,2-4,9-11H2,1H3,(H,17,19). The second-order valence-corrected chi connectivity index (χ2v) is 5.88. The molecule has 1 unspecified atom stereocenters. The van der Waals surface area contributed by atoms with Crippen molar-refractivity contribution in [1.29, 1.82) is 0 Å². The number of likely N-dealkylation sites (N-methyl/N-ethyl adjacent to an activating group) is 1. The van der Waals surface area contributed by atoms with E-state index in [9.17, 15) is 4.79 Å². The molecule has 1 fully saturated rings. The Morgan fingerprint density at radius 1 is 1.40 bits per heavy atom. The van der Waals surface area contributed by atoms with E-state index in [1.54, 1.807) is 7.05 Å². The molecule has 5 heteroatoms. The van der Waals surface area contributed by atoms with Gasteiger partial charge in [-0.05, 0) is 43.7 Å². The number of amides is 1. The highest BCUT2D eigenvalue weighted by Crippen LogP contribution is 2.18. The number of rotatable bonds is 5. The van der Waals surface area contributed by atoms with Gasteiger partial charge in [0.15, 0.2) is 0 Å². The van der Waals surface area contributed by atoms with E-state index in [1.165, 1.54) is 0 Å². The van der Waals surface area contributed by atoms with Gasteiger partial charge in [-0.2, -0.15) is 0 Å². The predicted octanol–water partition coefficient (Wildman–Crippen LogP) is 2.43. The van der Waals surface area contributed by atoms with Gasteiger partial charge in [0.05, 0.1) is 6.04 Å². The summed E-state index contributed by atoms with van der Waals surface area (Å²) in [4.78, 5) is 14.1. The lowest BCUT2D eigenvalue weighted by Gasteiger charge is -2.34. The maximum Gasteiger partial charge on any atom is 0.237 e. The van der Waals surface area contributed by atoms with Crippen LogP contribution in [0.4, 0.5) is 0 Å². The zero-order valence-corrected chi connectivity index (χ0v) is 13.4. The Kier molecular flexibility index (Phi) is 5.86. The molecule has 0 radical (unpaired) electrons. The minimum Gasteiger partial charge on any atom is -0.492 e. The molecule has 0 aliphatic carbocycles. The molecule has 4 nitrogen and oxygen atoms in total. The number of nitrogens with one attached hydrogen (secondary N) is 1. The predicted molar refractivity (Wildman–Crippen MR) is 82.9 cm³/mol. The lowest BCUT2D eigenvalue weighted by atomic mass is 10.0. The van der Waals surface area contributed by atoms with Gasteiger partial charge in [0.1, 0.15) is 12.4 Å². The molecule has 110 valence electrons. The molecule has 0 bridgehead atoms. The van der Waals surface area contributed by atoms with Crippen molar-refractivity contribution in [3.63, 3.8) is 0 Å². The smallest absolute Gasteiger partial charge is 0.237 e. The third kappa shape index (κ3) is 4.21. The van der Waals surface area contributed by atoms with Gasteiger partial charge < -0.3 is 10.1 Å². The molecule has 2 rings (SSSR count). The molecule has 0 saturated carbocycles. The summed E-state index contributed by atoms with van der Waals surface area (Å²) < 4.78 is 6.77. The van der Waals surface area contributed by atoms with E-state index >= 15 is 0 Å². The van der Waals surface area contributed by atoms with Gasteiger partial charge in [0.2, 0.25) is 5.91 Å². The second-order valence-electron chi connectivity index (χ2n) is 4.96. The largest absolute Gasteiger partial charge is 0.492 e. The summed E-state index contributed by atoms with van der Waals surface area (Å²) in [5.74, 6) is 0.982. The molecule has 1 atom stereocenters. The van der Waals surface area contributed by atoms with E-state index in [-0.39, 0.29) is 11.9 Å². The fourth-order valence-electron chi connectivity index (χ4n) is 2.53. The number of hydrogen-bond donors (Lipinski definition) is 1. The van der Waals surface area contributed by atoms with Crippen LogP contribution < -0.4 is 10.1 Å².